The Balaban J connectivity index is 1.54. The maximum absolute atomic E-state index is 12.8. The highest BCUT2D eigenvalue weighted by atomic mass is 19.1. The van der Waals surface area contributed by atoms with Crippen molar-refractivity contribution in [1.82, 2.24) is 5.16 Å². The van der Waals surface area contributed by atoms with Gasteiger partial charge in [0.2, 0.25) is 5.88 Å². The predicted octanol–water partition coefficient (Wildman–Crippen LogP) is 3.58. The lowest BCUT2D eigenvalue weighted by molar-refractivity contribution is -0.119. The summed E-state index contributed by atoms with van der Waals surface area (Å²) in [6.07, 6.45) is 0. The number of carbonyl (C=O) groups excluding carboxylic acids is 2. The first-order chi connectivity index (χ1) is 12.5. The van der Waals surface area contributed by atoms with E-state index in [9.17, 15) is 14.0 Å². The van der Waals surface area contributed by atoms with Crippen LogP contribution in [0.2, 0.25) is 0 Å². The quantitative estimate of drug-likeness (QED) is 0.708. The molecule has 0 saturated heterocycles. The van der Waals surface area contributed by atoms with Gasteiger partial charge in [0, 0.05) is 11.6 Å². The SMILES string of the molecule is Cc1ccc(-c2cc(NC(=O)COC(=O)c3ccc(F)cc3)on2)cc1. The van der Waals surface area contributed by atoms with Crippen LogP contribution in [-0.4, -0.2) is 23.6 Å². The molecule has 3 aromatic rings. The average molecular weight is 354 g/mol. The van der Waals surface area contributed by atoms with Crippen molar-refractivity contribution in [1.29, 1.82) is 0 Å². The van der Waals surface area contributed by atoms with Gasteiger partial charge in [-0.15, -0.1) is 0 Å². The zero-order chi connectivity index (χ0) is 18.5. The first kappa shape index (κ1) is 17.3. The normalized spacial score (nSPS) is 10.4. The second-order valence-electron chi connectivity index (χ2n) is 5.57. The van der Waals surface area contributed by atoms with Crippen LogP contribution in [0.25, 0.3) is 11.3 Å². The van der Waals surface area contributed by atoms with E-state index in [0.717, 1.165) is 23.3 Å². The first-order valence-electron chi connectivity index (χ1n) is 7.77. The van der Waals surface area contributed by atoms with E-state index in [1.54, 1.807) is 6.07 Å². The third-order valence-corrected chi connectivity index (χ3v) is 3.53. The third-order valence-electron chi connectivity index (χ3n) is 3.53. The van der Waals surface area contributed by atoms with Crippen molar-refractivity contribution in [2.45, 2.75) is 6.92 Å². The molecule has 2 aromatic carbocycles. The lowest BCUT2D eigenvalue weighted by Gasteiger charge is -2.04. The fourth-order valence-corrected chi connectivity index (χ4v) is 2.17. The highest BCUT2D eigenvalue weighted by Crippen LogP contribution is 2.22. The molecule has 132 valence electrons. The van der Waals surface area contributed by atoms with Gasteiger partial charge in [0.25, 0.3) is 5.91 Å². The Morgan fingerprint density at radius 1 is 1.12 bits per heavy atom. The van der Waals surface area contributed by atoms with E-state index in [-0.39, 0.29) is 11.4 Å². The summed E-state index contributed by atoms with van der Waals surface area (Å²) in [6, 6.07) is 14.1. The number of amides is 1. The summed E-state index contributed by atoms with van der Waals surface area (Å²) in [6.45, 7) is 1.47. The molecule has 1 heterocycles. The Kier molecular flexibility index (Phi) is 5.07. The fourth-order valence-electron chi connectivity index (χ4n) is 2.17. The Hall–Kier alpha value is -3.48. The number of carbonyl (C=O) groups is 2. The number of anilines is 1. The number of hydrogen-bond acceptors (Lipinski definition) is 5. The van der Waals surface area contributed by atoms with Crippen molar-refractivity contribution < 1.29 is 23.2 Å². The average Bonchev–Trinajstić information content (AvgIpc) is 3.09. The van der Waals surface area contributed by atoms with Crippen molar-refractivity contribution in [2.75, 3.05) is 11.9 Å². The maximum Gasteiger partial charge on any atom is 0.338 e. The minimum Gasteiger partial charge on any atom is -0.452 e. The van der Waals surface area contributed by atoms with Gasteiger partial charge in [-0.1, -0.05) is 35.0 Å². The van der Waals surface area contributed by atoms with Crippen molar-refractivity contribution in [3.63, 3.8) is 0 Å². The van der Waals surface area contributed by atoms with Gasteiger partial charge >= 0.3 is 5.97 Å². The molecule has 1 N–H and O–H groups in total. The van der Waals surface area contributed by atoms with Gasteiger partial charge in [-0.2, -0.15) is 0 Å². The van der Waals surface area contributed by atoms with Gasteiger partial charge in [0.05, 0.1) is 5.56 Å². The molecule has 1 aromatic heterocycles. The predicted molar refractivity (Wildman–Crippen MR) is 92.0 cm³/mol. The summed E-state index contributed by atoms with van der Waals surface area (Å²) in [5.41, 5.74) is 2.69. The smallest absolute Gasteiger partial charge is 0.338 e. The van der Waals surface area contributed by atoms with Crippen LogP contribution in [0.1, 0.15) is 15.9 Å². The van der Waals surface area contributed by atoms with Crippen molar-refractivity contribution >= 4 is 17.8 Å². The molecule has 0 aliphatic heterocycles. The van der Waals surface area contributed by atoms with E-state index < -0.39 is 24.3 Å². The van der Waals surface area contributed by atoms with Crippen LogP contribution in [0.4, 0.5) is 10.3 Å². The number of hydrogen-bond donors (Lipinski definition) is 1. The van der Waals surface area contributed by atoms with E-state index in [0.29, 0.717) is 5.69 Å². The van der Waals surface area contributed by atoms with E-state index in [1.165, 1.54) is 12.1 Å². The zero-order valence-electron chi connectivity index (χ0n) is 13.9. The third kappa shape index (κ3) is 4.32. The van der Waals surface area contributed by atoms with Crippen LogP contribution < -0.4 is 5.32 Å². The molecule has 0 unspecified atom stereocenters. The summed E-state index contributed by atoms with van der Waals surface area (Å²) in [5, 5.41) is 6.34. The Morgan fingerprint density at radius 2 is 1.81 bits per heavy atom. The minimum atomic E-state index is -0.724. The maximum atomic E-state index is 12.8. The summed E-state index contributed by atoms with van der Waals surface area (Å²) in [7, 11) is 0. The molecule has 6 nitrogen and oxygen atoms in total. The summed E-state index contributed by atoms with van der Waals surface area (Å²) < 4.78 is 22.7. The number of aryl methyl sites for hydroxylation is 1. The monoisotopic (exact) mass is 354 g/mol. The molecule has 0 aliphatic carbocycles. The summed E-state index contributed by atoms with van der Waals surface area (Å²) in [5.74, 6) is -1.62. The van der Waals surface area contributed by atoms with E-state index >= 15 is 0 Å². The van der Waals surface area contributed by atoms with Crippen molar-refractivity contribution in [2.24, 2.45) is 0 Å². The number of nitrogens with zero attached hydrogens (tertiary/aromatic N) is 1. The van der Waals surface area contributed by atoms with Crippen LogP contribution in [0, 0.1) is 12.7 Å². The largest absolute Gasteiger partial charge is 0.452 e. The standard InChI is InChI=1S/C19H15FN2O4/c1-12-2-4-13(5-3-12)16-10-18(26-22-16)21-17(23)11-25-19(24)14-6-8-15(20)9-7-14/h2-10H,11H2,1H3,(H,21,23). The highest BCUT2D eigenvalue weighted by Gasteiger charge is 2.13. The number of ether oxygens (including phenoxy) is 1. The fraction of sp³-hybridized carbons (Fsp3) is 0.105. The Labute approximate surface area is 148 Å². The molecule has 0 radical (unpaired) electrons. The lowest BCUT2D eigenvalue weighted by atomic mass is 10.1. The van der Waals surface area contributed by atoms with Crippen molar-refractivity contribution in [3.8, 4) is 11.3 Å². The van der Waals surface area contributed by atoms with Gasteiger partial charge in [-0.05, 0) is 31.2 Å². The molecular weight excluding hydrogens is 339 g/mol. The van der Waals surface area contributed by atoms with Crippen LogP contribution in [-0.2, 0) is 9.53 Å². The molecular formula is C19H15FN2O4. The number of halogens is 1. The van der Waals surface area contributed by atoms with Crippen LogP contribution in [0.3, 0.4) is 0 Å². The van der Waals surface area contributed by atoms with Gasteiger partial charge in [0.1, 0.15) is 11.5 Å². The lowest BCUT2D eigenvalue weighted by Crippen LogP contribution is -2.20. The van der Waals surface area contributed by atoms with E-state index in [4.69, 9.17) is 9.26 Å². The van der Waals surface area contributed by atoms with Crippen molar-refractivity contribution in [3.05, 3.63) is 71.5 Å². The number of esters is 1. The van der Waals surface area contributed by atoms with Gasteiger partial charge < -0.3 is 9.26 Å². The minimum absolute atomic E-state index is 0.142. The molecule has 1 amide bonds. The molecule has 0 spiro atoms. The summed E-state index contributed by atoms with van der Waals surface area (Å²) >= 11 is 0. The molecule has 7 heteroatoms. The zero-order valence-corrected chi connectivity index (χ0v) is 13.9. The first-order valence-corrected chi connectivity index (χ1v) is 7.77. The topological polar surface area (TPSA) is 81.4 Å². The van der Waals surface area contributed by atoms with Gasteiger partial charge in [-0.25, -0.2) is 9.18 Å². The Bertz CT molecular complexity index is 917. The van der Waals surface area contributed by atoms with Crippen LogP contribution >= 0.6 is 0 Å². The van der Waals surface area contributed by atoms with Gasteiger partial charge in [-0.3, -0.25) is 10.1 Å². The van der Waals surface area contributed by atoms with Crippen LogP contribution in [0.15, 0.2) is 59.1 Å². The number of nitrogens with one attached hydrogen (secondary N) is 1. The molecule has 0 saturated carbocycles. The van der Waals surface area contributed by atoms with Crippen LogP contribution in [0.5, 0.6) is 0 Å². The second kappa shape index (κ2) is 7.60. The summed E-state index contributed by atoms with van der Waals surface area (Å²) in [4.78, 5) is 23.6. The number of benzene rings is 2. The number of aromatic nitrogens is 1. The molecule has 0 fully saturated rings. The molecule has 0 aliphatic rings. The Morgan fingerprint density at radius 3 is 2.50 bits per heavy atom. The second-order valence-corrected chi connectivity index (χ2v) is 5.57. The molecule has 3 rings (SSSR count). The molecule has 26 heavy (non-hydrogen) atoms. The van der Waals surface area contributed by atoms with Gasteiger partial charge in [0.15, 0.2) is 6.61 Å². The number of rotatable bonds is 5. The van der Waals surface area contributed by atoms with E-state index in [2.05, 4.69) is 10.5 Å². The van der Waals surface area contributed by atoms with E-state index in [1.807, 2.05) is 31.2 Å². The highest BCUT2D eigenvalue weighted by molar-refractivity contribution is 5.95. The molecule has 0 bridgehead atoms. The molecule has 0 atom stereocenters.